The quantitative estimate of drug-likeness (QED) is 0.441. The number of rotatable bonds is 8. The molecule has 0 atom stereocenters. The monoisotopic (exact) mass is 396 g/mol. The molecule has 0 saturated heterocycles. The molecule has 8 heteroatoms. The maximum atomic E-state index is 12.4. The molecule has 0 aliphatic carbocycles. The van der Waals surface area contributed by atoms with Crippen LogP contribution in [0.1, 0.15) is 28.8 Å². The van der Waals surface area contributed by atoms with Crippen molar-refractivity contribution in [3.8, 4) is 11.5 Å². The molecule has 3 rings (SSSR count). The normalized spacial score (nSPS) is 10.4. The SMILES string of the molecule is CCc1ccc(OCc2ccc(C(=O)Nc3ccc(OC)cc3[N+](=O)[O-])o2)cc1. The first-order chi connectivity index (χ1) is 14.0. The van der Waals surface area contributed by atoms with Gasteiger partial charge in [-0.2, -0.15) is 0 Å². The van der Waals surface area contributed by atoms with Crippen LogP contribution in [0, 0.1) is 10.1 Å². The summed E-state index contributed by atoms with van der Waals surface area (Å²) in [5.41, 5.74) is 0.983. The molecule has 0 radical (unpaired) electrons. The molecule has 0 unspecified atom stereocenters. The molecule has 1 aromatic heterocycles. The molecule has 2 aromatic carbocycles. The Kier molecular flexibility index (Phi) is 6.13. The lowest BCUT2D eigenvalue weighted by atomic mass is 10.2. The molecule has 150 valence electrons. The lowest BCUT2D eigenvalue weighted by Gasteiger charge is -2.07. The Morgan fingerprint density at radius 2 is 1.83 bits per heavy atom. The van der Waals surface area contributed by atoms with Crippen molar-refractivity contribution in [2.45, 2.75) is 20.0 Å². The zero-order chi connectivity index (χ0) is 20.8. The van der Waals surface area contributed by atoms with E-state index in [4.69, 9.17) is 13.9 Å². The van der Waals surface area contributed by atoms with Crippen LogP contribution in [-0.4, -0.2) is 17.9 Å². The summed E-state index contributed by atoms with van der Waals surface area (Å²) in [7, 11) is 1.40. The Bertz CT molecular complexity index is 1010. The number of hydrogen-bond acceptors (Lipinski definition) is 6. The number of aryl methyl sites for hydroxylation is 1. The first kappa shape index (κ1) is 19.9. The van der Waals surface area contributed by atoms with Gasteiger partial charge in [0, 0.05) is 0 Å². The Balaban J connectivity index is 1.65. The highest BCUT2D eigenvalue weighted by molar-refractivity contribution is 6.03. The number of nitrogens with zero attached hydrogens (tertiary/aromatic N) is 1. The fourth-order valence-electron chi connectivity index (χ4n) is 2.63. The largest absolute Gasteiger partial charge is 0.496 e. The summed E-state index contributed by atoms with van der Waals surface area (Å²) in [6, 6.07) is 15.0. The van der Waals surface area contributed by atoms with E-state index in [1.165, 1.54) is 36.9 Å². The number of furan rings is 1. The van der Waals surface area contributed by atoms with Gasteiger partial charge in [0.1, 0.15) is 29.6 Å². The third-order valence-corrected chi connectivity index (χ3v) is 4.25. The summed E-state index contributed by atoms with van der Waals surface area (Å²) in [5, 5.41) is 13.7. The van der Waals surface area contributed by atoms with Crippen LogP contribution >= 0.6 is 0 Å². The summed E-state index contributed by atoms with van der Waals surface area (Å²) >= 11 is 0. The van der Waals surface area contributed by atoms with Crippen molar-refractivity contribution in [2.75, 3.05) is 12.4 Å². The summed E-state index contributed by atoms with van der Waals surface area (Å²) in [6.07, 6.45) is 0.948. The van der Waals surface area contributed by atoms with E-state index < -0.39 is 10.8 Å². The van der Waals surface area contributed by atoms with E-state index in [0.29, 0.717) is 17.3 Å². The van der Waals surface area contributed by atoms with E-state index in [1.54, 1.807) is 6.07 Å². The molecule has 0 aliphatic rings. The summed E-state index contributed by atoms with van der Waals surface area (Å²) < 4.78 is 16.1. The van der Waals surface area contributed by atoms with Gasteiger partial charge < -0.3 is 19.2 Å². The number of benzene rings is 2. The molecule has 1 N–H and O–H groups in total. The highest BCUT2D eigenvalue weighted by atomic mass is 16.6. The van der Waals surface area contributed by atoms with Crippen molar-refractivity contribution in [3.63, 3.8) is 0 Å². The van der Waals surface area contributed by atoms with Crippen LogP contribution in [0.2, 0.25) is 0 Å². The Morgan fingerprint density at radius 3 is 2.48 bits per heavy atom. The van der Waals surface area contributed by atoms with Crippen molar-refractivity contribution in [1.29, 1.82) is 0 Å². The van der Waals surface area contributed by atoms with Crippen molar-refractivity contribution < 1.29 is 23.6 Å². The molecule has 0 aliphatic heterocycles. The number of carbonyl (C=O) groups excluding carboxylic acids is 1. The van der Waals surface area contributed by atoms with E-state index in [2.05, 4.69) is 12.2 Å². The van der Waals surface area contributed by atoms with E-state index in [9.17, 15) is 14.9 Å². The maximum absolute atomic E-state index is 12.4. The zero-order valence-electron chi connectivity index (χ0n) is 16.0. The average Bonchev–Trinajstić information content (AvgIpc) is 3.22. The molecule has 8 nitrogen and oxygen atoms in total. The molecule has 0 fully saturated rings. The molecule has 29 heavy (non-hydrogen) atoms. The fourth-order valence-corrected chi connectivity index (χ4v) is 2.63. The van der Waals surface area contributed by atoms with Crippen LogP contribution in [0.5, 0.6) is 11.5 Å². The highest BCUT2D eigenvalue weighted by Crippen LogP contribution is 2.29. The van der Waals surface area contributed by atoms with Crippen LogP contribution in [-0.2, 0) is 13.0 Å². The highest BCUT2D eigenvalue weighted by Gasteiger charge is 2.19. The van der Waals surface area contributed by atoms with Crippen molar-refractivity contribution in [2.24, 2.45) is 0 Å². The Hall–Kier alpha value is -3.81. The minimum absolute atomic E-state index is 0.0232. The van der Waals surface area contributed by atoms with Gasteiger partial charge in [0.2, 0.25) is 0 Å². The summed E-state index contributed by atoms with van der Waals surface area (Å²) in [6.45, 7) is 2.23. The number of nitro groups is 1. The van der Waals surface area contributed by atoms with Crippen LogP contribution in [0.4, 0.5) is 11.4 Å². The van der Waals surface area contributed by atoms with Crippen LogP contribution < -0.4 is 14.8 Å². The zero-order valence-corrected chi connectivity index (χ0v) is 16.0. The van der Waals surface area contributed by atoms with E-state index in [0.717, 1.165) is 6.42 Å². The molecule has 0 spiro atoms. The van der Waals surface area contributed by atoms with Gasteiger partial charge in [-0.1, -0.05) is 19.1 Å². The number of nitrogens with one attached hydrogen (secondary N) is 1. The van der Waals surface area contributed by atoms with Crippen molar-refractivity contribution >= 4 is 17.3 Å². The molecule has 1 heterocycles. The molecule has 0 bridgehead atoms. The lowest BCUT2D eigenvalue weighted by molar-refractivity contribution is -0.384. The first-order valence-electron chi connectivity index (χ1n) is 8.94. The second-order valence-corrected chi connectivity index (χ2v) is 6.15. The smallest absolute Gasteiger partial charge is 0.296 e. The van der Waals surface area contributed by atoms with Crippen LogP contribution in [0.3, 0.4) is 0 Å². The van der Waals surface area contributed by atoms with Gasteiger partial charge in [0.15, 0.2) is 5.76 Å². The third kappa shape index (κ3) is 4.92. The third-order valence-electron chi connectivity index (χ3n) is 4.25. The molecule has 3 aromatic rings. The number of amides is 1. The van der Waals surface area contributed by atoms with E-state index in [1.807, 2.05) is 24.3 Å². The minimum Gasteiger partial charge on any atom is -0.496 e. The van der Waals surface area contributed by atoms with Gasteiger partial charge in [-0.05, 0) is 48.4 Å². The average molecular weight is 396 g/mol. The number of hydrogen-bond donors (Lipinski definition) is 1. The van der Waals surface area contributed by atoms with Crippen LogP contribution in [0.15, 0.2) is 59.0 Å². The number of nitro benzene ring substituents is 1. The van der Waals surface area contributed by atoms with Gasteiger partial charge in [0.05, 0.1) is 18.1 Å². The maximum Gasteiger partial charge on any atom is 0.296 e. The summed E-state index contributed by atoms with van der Waals surface area (Å²) in [5.74, 6) is 0.892. The first-order valence-corrected chi connectivity index (χ1v) is 8.94. The molecule has 1 amide bonds. The van der Waals surface area contributed by atoms with Crippen molar-refractivity contribution in [3.05, 3.63) is 81.8 Å². The molecular weight excluding hydrogens is 376 g/mol. The van der Waals surface area contributed by atoms with Gasteiger partial charge in [-0.15, -0.1) is 0 Å². The Labute approximate surface area is 167 Å². The minimum atomic E-state index is -0.600. The predicted molar refractivity (Wildman–Crippen MR) is 106 cm³/mol. The standard InChI is InChI=1S/C21H20N2O6/c1-3-14-4-6-15(7-5-14)28-13-17-9-11-20(29-17)21(24)22-18-10-8-16(27-2)12-19(18)23(25)26/h4-12H,3,13H2,1-2H3,(H,22,24). The van der Waals surface area contributed by atoms with Gasteiger partial charge in [-0.3, -0.25) is 14.9 Å². The topological polar surface area (TPSA) is 104 Å². The number of ether oxygens (including phenoxy) is 2. The second kappa shape index (κ2) is 8.92. The van der Waals surface area contributed by atoms with Gasteiger partial charge >= 0.3 is 0 Å². The molecule has 0 saturated carbocycles. The van der Waals surface area contributed by atoms with Crippen LogP contribution in [0.25, 0.3) is 0 Å². The predicted octanol–water partition coefficient (Wildman–Crippen LogP) is 4.59. The van der Waals surface area contributed by atoms with E-state index in [-0.39, 0.29) is 23.7 Å². The van der Waals surface area contributed by atoms with Crippen molar-refractivity contribution in [1.82, 2.24) is 0 Å². The fraction of sp³-hybridized carbons (Fsp3) is 0.190. The molecular formula is C21H20N2O6. The van der Waals surface area contributed by atoms with E-state index >= 15 is 0 Å². The number of anilines is 1. The second-order valence-electron chi connectivity index (χ2n) is 6.15. The van der Waals surface area contributed by atoms with Gasteiger partial charge in [-0.25, -0.2) is 0 Å². The Morgan fingerprint density at radius 1 is 1.10 bits per heavy atom. The van der Waals surface area contributed by atoms with Gasteiger partial charge in [0.25, 0.3) is 11.6 Å². The number of carbonyl (C=O) groups is 1. The number of methoxy groups -OCH3 is 1. The summed E-state index contributed by atoms with van der Waals surface area (Å²) in [4.78, 5) is 23.0. The lowest BCUT2D eigenvalue weighted by Crippen LogP contribution is -2.12.